The summed E-state index contributed by atoms with van der Waals surface area (Å²) in [5.74, 6) is -0.199. The van der Waals surface area contributed by atoms with E-state index in [1.54, 1.807) is 12.3 Å². The van der Waals surface area contributed by atoms with Gasteiger partial charge < -0.3 is 10.6 Å². The molecule has 0 saturated carbocycles. The van der Waals surface area contributed by atoms with E-state index in [0.29, 0.717) is 12.2 Å². The number of carbonyl (C=O) groups excluding carboxylic acids is 1. The number of hydrogen-bond donors (Lipinski definition) is 2. The number of rotatable bonds is 5. The Labute approximate surface area is 155 Å². The Morgan fingerprint density at radius 1 is 1.08 bits per heavy atom. The number of pyridine rings is 1. The van der Waals surface area contributed by atoms with Crippen LogP contribution in [0.4, 0.5) is 11.4 Å². The molecular formula is C20H18BrN3O. The van der Waals surface area contributed by atoms with Crippen LogP contribution in [0.15, 0.2) is 71.3 Å². The van der Waals surface area contributed by atoms with E-state index in [-0.39, 0.29) is 5.91 Å². The first-order valence-corrected chi connectivity index (χ1v) is 8.72. The second-order valence-electron chi connectivity index (χ2n) is 5.71. The summed E-state index contributed by atoms with van der Waals surface area (Å²) in [6.45, 7) is 2.51. The summed E-state index contributed by atoms with van der Waals surface area (Å²) in [6, 6.07) is 19.4. The van der Waals surface area contributed by atoms with Crippen LogP contribution < -0.4 is 10.6 Å². The van der Waals surface area contributed by atoms with Crippen molar-refractivity contribution in [1.29, 1.82) is 0 Å². The van der Waals surface area contributed by atoms with Crippen LogP contribution in [0, 0.1) is 6.92 Å². The number of aromatic nitrogens is 1. The number of amides is 1. The Morgan fingerprint density at radius 2 is 1.88 bits per heavy atom. The molecule has 0 aliphatic heterocycles. The molecular weight excluding hydrogens is 378 g/mol. The fourth-order valence-corrected chi connectivity index (χ4v) is 2.97. The number of nitrogens with zero attached hydrogens (tertiary/aromatic N) is 1. The SMILES string of the molecule is Cc1ccc(Nc2ccnc(C(=O)NCc3ccccc3)c2)c(Br)c1. The van der Waals surface area contributed by atoms with Crippen molar-refractivity contribution < 1.29 is 4.79 Å². The molecule has 0 atom stereocenters. The summed E-state index contributed by atoms with van der Waals surface area (Å²) in [7, 11) is 0. The lowest BCUT2D eigenvalue weighted by molar-refractivity contribution is 0.0946. The number of halogens is 1. The van der Waals surface area contributed by atoms with Gasteiger partial charge in [0.25, 0.3) is 5.91 Å². The molecule has 25 heavy (non-hydrogen) atoms. The van der Waals surface area contributed by atoms with Crippen LogP contribution in [-0.2, 0) is 6.54 Å². The molecule has 1 amide bonds. The zero-order valence-corrected chi connectivity index (χ0v) is 15.4. The van der Waals surface area contributed by atoms with Crippen LogP contribution in [0.3, 0.4) is 0 Å². The minimum Gasteiger partial charge on any atom is -0.354 e. The van der Waals surface area contributed by atoms with Gasteiger partial charge in [-0.15, -0.1) is 0 Å². The average Bonchev–Trinajstić information content (AvgIpc) is 2.63. The van der Waals surface area contributed by atoms with Crippen molar-refractivity contribution in [2.45, 2.75) is 13.5 Å². The molecule has 2 N–H and O–H groups in total. The smallest absolute Gasteiger partial charge is 0.270 e. The van der Waals surface area contributed by atoms with Crippen molar-refractivity contribution >= 4 is 33.2 Å². The number of benzene rings is 2. The van der Waals surface area contributed by atoms with Crippen LogP contribution in [0.5, 0.6) is 0 Å². The predicted octanol–water partition coefficient (Wildman–Crippen LogP) is 4.83. The van der Waals surface area contributed by atoms with Gasteiger partial charge in [-0.25, -0.2) is 0 Å². The maximum absolute atomic E-state index is 12.3. The summed E-state index contributed by atoms with van der Waals surface area (Å²) in [5, 5.41) is 6.19. The van der Waals surface area contributed by atoms with Crippen molar-refractivity contribution in [1.82, 2.24) is 10.3 Å². The van der Waals surface area contributed by atoms with Crippen molar-refractivity contribution in [2.75, 3.05) is 5.32 Å². The summed E-state index contributed by atoms with van der Waals surface area (Å²) in [5.41, 5.74) is 4.35. The molecule has 0 aliphatic rings. The van der Waals surface area contributed by atoms with Crippen molar-refractivity contribution in [3.05, 3.63) is 88.2 Å². The monoisotopic (exact) mass is 395 g/mol. The summed E-state index contributed by atoms with van der Waals surface area (Å²) in [4.78, 5) is 16.5. The first-order chi connectivity index (χ1) is 12.1. The van der Waals surface area contributed by atoms with Gasteiger partial charge in [-0.05, 0) is 58.2 Å². The minimum atomic E-state index is -0.199. The fourth-order valence-electron chi connectivity index (χ4n) is 2.38. The highest BCUT2D eigenvalue weighted by molar-refractivity contribution is 9.10. The Bertz CT molecular complexity index is 881. The Kier molecular flexibility index (Phi) is 5.46. The highest BCUT2D eigenvalue weighted by Crippen LogP contribution is 2.26. The minimum absolute atomic E-state index is 0.199. The molecule has 3 rings (SSSR count). The van der Waals surface area contributed by atoms with E-state index in [2.05, 4.69) is 31.5 Å². The lowest BCUT2D eigenvalue weighted by Crippen LogP contribution is -2.23. The third-order valence-electron chi connectivity index (χ3n) is 3.69. The van der Waals surface area contributed by atoms with Crippen molar-refractivity contribution in [2.24, 2.45) is 0 Å². The number of aryl methyl sites for hydroxylation is 1. The molecule has 0 fully saturated rings. The van der Waals surface area contributed by atoms with Crippen molar-refractivity contribution in [3.8, 4) is 0 Å². The standard InChI is InChI=1S/C20H18BrN3O/c1-14-7-8-18(17(21)11-14)24-16-9-10-22-19(12-16)20(25)23-13-15-5-3-2-4-6-15/h2-12H,13H2,1H3,(H,22,24)(H,23,25). The third-order valence-corrected chi connectivity index (χ3v) is 4.35. The van der Waals surface area contributed by atoms with E-state index in [0.717, 1.165) is 21.4 Å². The second-order valence-corrected chi connectivity index (χ2v) is 6.56. The van der Waals surface area contributed by atoms with E-state index in [9.17, 15) is 4.79 Å². The van der Waals surface area contributed by atoms with E-state index in [4.69, 9.17) is 0 Å². The molecule has 5 heteroatoms. The van der Waals surface area contributed by atoms with E-state index in [1.165, 1.54) is 5.56 Å². The highest BCUT2D eigenvalue weighted by atomic mass is 79.9. The summed E-state index contributed by atoms with van der Waals surface area (Å²) in [6.07, 6.45) is 1.63. The first kappa shape index (κ1) is 17.2. The molecule has 0 radical (unpaired) electrons. The van der Waals surface area contributed by atoms with E-state index >= 15 is 0 Å². The van der Waals surface area contributed by atoms with Crippen LogP contribution in [0.2, 0.25) is 0 Å². The Morgan fingerprint density at radius 3 is 2.64 bits per heavy atom. The topological polar surface area (TPSA) is 54.0 Å². The summed E-state index contributed by atoms with van der Waals surface area (Å²) >= 11 is 3.55. The molecule has 3 aromatic rings. The molecule has 1 heterocycles. The molecule has 0 bridgehead atoms. The first-order valence-electron chi connectivity index (χ1n) is 7.93. The van der Waals surface area contributed by atoms with Crippen LogP contribution in [-0.4, -0.2) is 10.9 Å². The lowest BCUT2D eigenvalue weighted by Gasteiger charge is -2.10. The van der Waals surface area contributed by atoms with Crippen LogP contribution >= 0.6 is 15.9 Å². The molecule has 0 saturated heterocycles. The Hall–Kier alpha value is -2.66. The Balaban J connectivity index is 1.69. The van der Waals surface area contributed by atoms with Gasteiger partial charge in [0, 0.05) is 22.9 Å². The fraction of sp³-hybridized carbons (Fsp3) is 0.100. The molecule has 1 aromatic heterocycles. The maximum Gasteiger partial charge on any atom is 0.270 e. The van der Waals surface area contributed by atoms with E-state index in [1.807, 2.05) is 61.5 Å². The number of carbonyl (C=O) groups is 1. The third kappa shape index (κ3) is 4.67. The van der Waals surface area contributed by atoms with Gasteiger partial charge in [0.15, 0.2) is 0 Å². The van der Waals surface area contributed by atoms with Gasteiger partial charge in [-0.1, -0.05) is 36.4 Å². The molecule has 0 spiro atoms. The van der Waals surface area contributed by atoms with Gasteiger partial charge in [-0.3, -0.25) is 9.78 Å². The molecule has 0 aliphatic carbocycles. The normalized spacial score (nSPS) is 10.3. The largest absolute Gasteiger partial charge is 0.354 e. The van der Waals surface area contributed by atoms with Gasteiger partial charge in [-0.2, -0.15) is 0 Å². The molecule has 2 aromatic carbocycles. The average molecular weight is 396 g/mol. The lowest BCUT2D eigenvalue weighted by atomic mass is 10.2. The number of nitrogens with one attached hydrogen (secondary N) is 2. The second kappa shape index (κ2) is 7.94. The summed E-state index contributed by atoms with van der Waals surface area (Å²) < 4.78 is 0.972. The van der Waals surface area contributed by atoms with Crippen LogP contribution in [0.1, 0.15) is 21.6 Å². The predicted molar refractivity (Wildman–Crippen MR) is 104 cm³/mol. The molecule has 0 unspecified atom stereocenters. The quantitative estimate of drug-likeness (QED) is 0.650. The van der Waals surface area contributed by atoms with Gasteiger partial charge in [0.2, 0.25) is 0 Å². The van der Waals surface area contributed by atoms with E-state index < -0.39 is 0 Å². The van der Waals surface area contributed by atoms with Gasteiger partial charge >= 0.3 is 0 Å². The van der Waals surface area contributed by atoms with Crippen molar-refractivity contribution in [3.63, 3.8) is 0 Å². The zero-order valence-electron chi connectivity index (χ0n) is 13.8. The molecule has 4 nitrogen and oxygen atoms in total. The molecule has 126 valence electrons. The highest BCUT2D eigenvalue weighted by Gasteiger charge is 2.08. The zero-order chi connectivity index (χ0) is 17.6. The number of hydrogen-bond acceptors (Lipinski definition) is 3. The maximum atomic E-state index is 12.3. The number of anilines is 2. The van der Waals surface area contributed by atoms with Crippen LogP contribution in [0.25, 0.3) is 0 Å². The van der Waals surface area contributed by atoms with Gasteiger partial charge in [0.05, 0.1) is 5.69 Å². The van der Waals surface area contributed by atoms with Gasteiger partial charge in [0.1, 0.15) is 5.69 Å².